The van der Waals surface area contributed by atoms with Gasteiger partial charge in [-0.3, -0.25) is 5.01 Å². The largest absolute Gasteiger partial charge is 0.370 e. The second kappa shape index (κ2) is 7.12. The monoisotopic (exact) mass is 322 g/mol. The number of hydrogen-bond acceptors (Lipinski definition) is 6. The molecule has 0 saturated heterocycles. The molecule has 2 aromatic carbocycles. The molecule has 0 bridgehead atoms. The Kier molecular flexibility index (Phi) is 4.74. The summed E-state index contributed by atoms with van der Waals surface area (Å²) in [6.07, 6.45) is 0. The second-order valence-corrected chi connectivity index (χ2v) is 5.96. The standard InChI is InChI=1S/C18H22N6/c1-22(13-15-7-5-4-6-8-15)17-11-9-16(10-12-17)19-20-18-21-24(3)14-23(18)2/h4-12H,13-14H2,1-3H3. The van der Waals surface area contributed by atoms with Crippen LogP contribution in [0.2, 0.25) is 0 Å². The summed E-state index contributed by atoms with van der Waals surface area (Å²) >= 11 is 0. The number of guanidine groups is 1. The Morgan fingerprint density at radius 3 is 2.33 bits per heavy atom. The van der Waals surface area contributed by atoms with E-state index in [1.54, 1.807) is 0 Å². The molecule has 0 radical (unpaired) electrons. The fourth-order valence-electron chi connectivity index (χ4n) is 2.55. The van der Waals surface area contributed by atoms with Gasteiger partial charge in [0.05, 0.1) is 5.69 Å². The van der Waals surface area contributed by atoms with E-state index in [0.29, 0.717) is 5.96 Å². The molecule has 0 spiro atoms. The second-order valence-electron chi connectivity index (χ2n) is 5.96. The summed E-state index contributed by atoms with van der Waals surface area (Å²) in [6, 6.07) is 18.5. The zero-order valence-electron chi connectivity index (χ0n) is 14.3. The molecular formula is C18H22N6. The van der Waals surface area contributed by atoms with Gasteiger partial charge in [-0.15, -0.1) is 15.3 Å². The molecule has 0 aromatic heterocycles. The van der Waals surface area contributed by atoms with E-state index in [1.165, 1.54) is 5.56 Å². The molecule has 2 aromatic rings. The van der Waals surface area contributed by atoms with Crippen LogP contribution < -0.4 is 4.90 Å². The average molecular weight is 322 g/mol. The van der Waals surface area contributed by atoms with Crippen molar-refractivity contribution in [3.63, 3.8) is 0 Å². The molecule has 0 amide bonds. The molecule has 1 aliphatic heterocycles. The minimum Gasteiger partial charge on any atom is -0.370 e. The highest BCUT2D eigenvalue weighted by Crippen LogP contribution is 2.21. The van der Waals surface area contributed by atoms with E-state index in [0.717, 1.165) is 24.6 Å². The molecule has 0 unspecified atom stereocenters. The van der Waals surface area contributed by atoms with Gasteiger partial charge in [0.25, 0.3) is 5.96 Å². The highest BCUT2D eigenvalue weighted by Gasteiger charge is 2.15. The van der Waals surface area contributed by atoms with Crippen molar-refractivity contribution in [2.24, 2.45) is 15.3 Å². The van der Waals surface area contributed by atoms with Crippen molar-refractivity contribution in [2.45, 2.75) is 6.54 Å². The molecule has 0 N–H and O–H groups in total. The molecule has 0 atom stereocenters. The number of nitrogens with zero attached hydrogens (tertiary/aromatic N) is 6. The molecule has 1 heterocycles. The van der Waals surface area contributed by atoms with Crippen molar-refractivity contribution in [3.05, 3.63) is 60.2 Å². The number of anilines is 1. The lowest BCUT2D eigenvalue weighted by Crippen LogP contribution is -2.23. The Labute approximate surface area is 142 Å². The molecule has 6 nitrogen and oxygen atoms in total. The zero-order valence-corrected chi connectivity index (χ0v) is 14.3. The lowest BCUT2D eigenvalue weighted by molar-refractivity contribution is 0.302. The fourth-order valence-corrected chi connectivity index (χ4v) is 2.55. The third-order valence-electron chi connectivity index (χ3n) is 3.83. The first-order valence-electron chi connectivity index (χ1n) is 7.89. The van der Waals surface area contributed by atoms with Crippen LogP contribution in [-0.2, 0) is 6.54 Å². The summed E-state index contributed by atoms with van der Waals surface area (Å²) in [7, 11) is 5.95. The molecule has 24 heavy (non-hydrogen) atoms. The summed E-state index contributed by atoms with van der Waals surface area (Å²) in [5.74, 6) is 0.628. The van der Waals surface area contributed by atoms with Gasteiger partial charge in [-0.2, -0.15) is 0 Å². The molecular weight excluding hydrogens is 300 g/mol. The van der Waals surface area contributed by atoms with Crippen LogP contribution in [0.15, 0.2) is 69.9 Å². The Bertz CT molecular complexity index is 723. The quantitative estimate of drug-likeness (QED) is 0.809. The number of azo groups is 1. The van der Waals surface area contributed by atoms with Crippen LogP contribution in [0.1, 0.15) is 5.56 Å². The predicted octanol–water partition coefficient (Wildman–Crippen LogP) is 3.51. The Morgan fingerprint density at radius 1 is 1.00 bits per heavy atom. The summed E-state index contributed by atoms with van der Waals surface area (Å²) in [6.45, 7) is 1.60. The normalized spacial score (nSPS) is 14.4. The zero-order chi connectivity index (χ0) is 16.9. The van der Waals surface area contributed by atoms with Gasteiger partial charge in [0.2, 0.25) is 0 Å². The third kappa shape index (κ3) is 3.90. The maximum Gasteiger partial charge on any atom is 0.263 e. The first-order valence-corrected chi connectivity index (χ1v) is 7.89. The molecule has 0 aliphatic carbocycles. The van der Waals surface area contributed by atoms with Gasteiger partial charge in [0.15, 0.2) is 0 Å². The summed E-state index contributed by atoms with van der Waals surface area (Å²) in [5, 5.41) is 14.6. The van der Waals surface area contributed by atoms with E-state index >= 15 is 0 Å². The molecule has 0 saturated carbocycles. The Morgan fingerprint density at radius 2 is 1.71 bits per heavy atom. The van der Waals surface area contributed by atoms with Crippen molar-refractivity contribution in [2.75, 3.05) is 32.7 Å². The SMILES string of the molecule is CN1CN(C)C(N=Nc2ccc(N(C)Cc3ccccc3)cc2)=N1. The molecule has 0 fully saturated rings. The van der Waals surface area contributed by atoms with Crippen LogP contribution in [0.3, 0.4) is 0 Å². The van der Waals surface area contributed by atoms with Crippen LogP contribution in [0, 0.1) is 0 Å². The Balaban J connectivity index is 1.64. The first-order chi connectivity index (χ1) is 11.6. The average Bonchev–Trinajstić information content (AvgIpc) is 2.92. The van der Waals surface area contributed by atoms with Crippen molar-refractivity contribution < 1.29 is 0 Å². The van der Waals surface area contributed by atoms with Gasteiger partial charge >= 0.3 is 0 Å². The molecule has 6 heteroatoms. The lowest BCUT2D eigenvalue weighted by Gasteiger charge is -2.19. The fraction of sp³-hybridized carbons (Fsp3) is 0.278. The highest BCUT2D eigenvalue weighted by atomic mass is 15.6. The van der Waals surface area contributed by atoms with Crippen LogP contribution in [0.5, 0.6) is 0 Å². The van der Waals surface area contributed by atoms with E-state index in [1.807, 2.05) is 42.2 Å². The summed E-state index contributed by atoms with van der Waals surface area (Å²) in [5.41, 5.74) is 3.25. The van der Waals surface area contributed by atoms with Crippen molar-refractivity contribution in [3.8, 4) is 0 Å². The molecule has 1 aliphatic rings. The maximum atomic E-state index is 4.28. The first kappa shape index (κ1) is 16.0. The van der Waals surface area contributed by atoms with Crippen molar-refractivity contribution in [1.29, 1.82) is 0 Å². The van der Waals surface area contributed by atoms with E-state index < -0.39 is 0 Å². The van der Waals surface area contributed by atoms with Crippen molar-refractivity contribution in [1.82, 2.24) is 9.91 Å². The summed E-state index contributed by atoms with van der Waals surface area (Å²) in [4.78, 5) is 4.16. The topological polar surface area (TPSA) is 46.8 Å². The minimum absolute atomic E-state index is 0.628. The van der Waals surface area contributed by atoms with E-state index in [4.69, 9.17) is 0 Å². The van der Waals surface area contributed by atoms with Crippen LogP contribution in [0.25, 0.3) is 0 Å². The van der Waals surface area contributed by atoms with Crippen LogP contribution >= 0.6 is 0 Å². The van der Waals surface area contributed by atoms with E-state index in [-0.39, 0.29) is 0 Å². The number of hydrogen-bond donors (Lipinski definition) is 0. The van der Waals surface area contributed by atoms with Gasteiger partial charge in [-0.1, -0.05) is 30.3 Å². The van der Waals surface area contributed by atoms with E-state index in [2.05, 4.69) is 63.7 Å². The molecule has 3 rings (SSSR count). The number of rotatable bonds is 4. The van der Waals surface area contributed by atoms with Crippen LogP contribution in [-0.4, -0.2) is 43.7 Å². The summed E-state index contributed by atoms with van der Waals surface area (Å²) < 4.78 is 0. The van der Waals surface area contributed by atoms with Gasteiger partial charge < -0.3 is 9.80 Å². The third-order valence-corrected chi connectivity index (χ3v) is 3.83. The minimum atomic E-state index is 0.628. The van der Waals surface area contributed by atoms with Gasteiger partial charge in [-0.05, 0) is 29.8 Å². The smallest absolute Gasteiger partial charge is 0.263 e. The predicted molar refractivity (Wildman–Crippen MR) is 97.3 cm³/mol. The maximum absolute atomic E-state index is 4.28. The number of benzene rings is 2. The van der Waals surface area contributed by atoms with Crippen LogP contribution in [0.4, 0.5) is 11.4 Å². The number of hydrazone groups is 1. The lowest BCUT2D eigenvalue weighted by atomic mass is 10.2. The van der Waals surface area contributed by atoms with Crippen molar-refractivity contribution >= 4 is 17.3 Å². The van der Waals surface area contributed by atoms with Gasteiger partial charge in [0.1, 0.15) is 6.67 Å². The highest BCUT2D eigenvalue weighted by molar-refractivity contribution is 5.81. The van der Waals surface area contributed by atoms with Gasteiger partial charge in [-0.25, -0.2) is 0 Å². The molecule has 124 valence electrons. The Hall–Kier alpha value is -2.89. The van der Waals surface area contributed by atoms with E-state index in [9.17, 15) is 0 Å². The van der Waals surface area contributed by atoms with Gasteiger partial charge in [0, 0.05) is 33.4 Å².